The molecule has 2 rings (SSSR count). The van der Waals surface area contributed by atoms with Crippen LogP contribution in [0.15, 0.2) is 36.4 Å². The number of hydrogen-bond donors (Lipinski definition) is 3. The molecule has 38 heavy (non-hydrogen) atoms. The molecule has 1 aliphatic rings. The Morgan fingerprint density at radius 2 is 1.50 bits per heavy atom. The van der Waals surface area contributed by atoms with Crippen molar-refractivity contribution in [1.29, 1.82) is 0 Å². The molecule has 11 nitrogen and oxygen atoms in total. The summed E-state index contributed by atoms with van der Waals surface area (Å²) in [4.78, 5) is 73.0. The van der Waals surface area contributed by atoms with Crippen molar-refractivity contribution in [1.82, 2.24) is 15.5 Å². The summed E-state index contributed by atoms with van der Waals surface area (Å²) >= 11 is 0. The van der Waals surface area contributed by atoms with Gasteiger partial charge in [0.2, 0.25) is 17.7 Å². The molecule has 2 atom stereocenters. The zero-order valence-electron chi connectivity index (χ0n) is 22.2. The lowest BCUT2D eigenvalue weighted by Gasteiger charge is -2.24. The van der Waals surface area contributed by atoms with Crippen molar-refractivity contribution >= 4 is 41.2 Å². The minimum absolute atomic E-state index is 0.136. The zero-order valence-corrected chi connectivity index (χ0v) is 22.2. The van der Waals surface area contributed by atoms with Crippen molar-refractivity contribution in [2.75, 3.05) is 11.9 Å². The van der Waals surface area contributed by atoms with Gasteiger partial charge >= 0.3 is 5.97 Å². The molecule has 0 aliphatic carbocycles. The first-order valence-electron chi connectivity index (χ1n) is 12.6. The Kier molecular flexibility index (Phi) is 11.6. The van der Waals surface area contributed by atoms with E-state index in [1.807, 2.05) is 0 Å². The minimum atomic E-state index is -0.855. The van der Waals surface area contributed by atoms with Crippen LogP contribution in [0.1, 0.15) is 58.9 Å². The zero-order chi connectivity index (χ0) is 28.2. The highest BCUT2D eigenvalue weighted by atomic mass is 16.5. The molecular formula is C27H36N4O7. The van der Waals surface area contributed by atoms with Gasteiger partial charge in [-0.1, -0.05) is 32.4 Å². The molecule has 0 bridgehead atoms. The van der Waals surface area contributed by atoms with Crippen molar-refractivity contribution < 1.29 is 33.5 Å². The van der Waals surface area contributed by atoms with Gasteiger partial charge < -0.3 is 20.7 Å². The fourth-order valence-electron chi connectivity index (χ4n) is 3.65. The SMILES string of the molecule is CC(=O)OCc1ccc(NC(=O)[C@H](C)NC(=O)[C@@H](NC(=O)CCCCCN2C(=O)C=CC2=O)C(C)C)cc1. The van der Waals surface area contributed by atoms with Crippen LogP contribution in [0.2, 0.25) is 0 Å². The largest absolute Gasteiger partial charge is 0.461 e. The van der Waals surface area contributed by atoms with E-state index in [9.17, 15) is 28.8 Å². The van der Waals surface area contributed by atoms with Crippen LogP contribution >= 0.6 is 0 Å². The molecule has 0 aromatic heterocycles. The summed E-state index contributed by atoms with van der Waals surface area (Å²) in [7, 11) is 0. The van der Waals surface area contributed by atoms with E-state index in [4.69, 9.17) is 4.74 Å². The highest BCUT2D eigenvalue weighted by Crippen LogP contribution is 2.12. The highest BCUT2D eigenvalue weighted by molar-refractivity contribution is 6.12. The molecule has 0 saturated heterocycles. The number of amides is 5. The molecular weight excluding hydrogens is 492 g/mol. The van der Waals surface area contributed by atoms with E-state index in [1.54, 1.807) is 45.0 Å². The average molecular weight is 529 g/mol. The first-order valence-corrected chi connectivity index (χ1v) is 12.6. The number of ether oxygens (including phenoxy) is 1. The smallest absolute Gasteiger partial charge is 0.302 e. The Morgan fingerprint density at radius 3 is 2.08 bits per heavy atom. The molecule has 1 heterocycles. The summed E-state index contributed by atoms with van der Waals surface area (Å²) in [6.45, 7) is 6.91. The summed E-state index contributed by atoms with van der Waals surface area (Å²) in [6.07, 6.45) is 4.45. The third kappa shape index (κ3) is 9.79. The second-order valence-electron chi connectivity index (χ2n) is 9.46. The first-order chi connectivity index (χ1) is 18.0. The number of benzene rings is 1. The number of carbonyl (C=O) groups is 6. The molecule has 0 saturated carbocycles. The van der Waals surface area contributed by atoms with E-state index < -0.39 is 23.9 Å². The maximum atomic E-state index is 12.8. The number of anilines is 1. The Bertz CT molecular complexity index is 1050. The predicted molar refractivity (Wildman–Crippen MR) is 139 cm³/mol. The van der Waals surface area contributed by atoms with E-state index in [1.165, 1.54) is 19.1 Å². The lowest BCUT2D eigenvalue weighted by Crippen LogP contribution is -2.53. The Morgan fingerprint density at radius 1 is 0.868 bits per heavy atom. The number of rotatable bonds is 14. The molecule has 0 spiro atoms. The molecule has 1 aromatic carbocycles. The fraction of sp³-hybridized carbons (Fsp3) is 0.481. The molecule has 11 heteroatoms. The summed E-state index contributed by atoms with van der Waals surface area (Å²) in [5, 5.41) is 8.10. The van der Waals surface area contributed by atoms with Crippen LogP contribution in [-0.2, 0) is 40.1 Å². The van der Waals surface area contributed by atoms with E-state index in [2.05, 4.69) is 16.0 Å². The molecule has 1 aromatic rings. The number of esters is 1. The maximum Gasteiger partial charge on any atom is 0.302 e. The molecule has 0 unspecified atom stereocenters. The Hall–Kier alpha value is -4.02. The standard InChI is InChI=1S/C27H36N4O7/c1-17(2)25(30-22(33)8-6-5-7-15-31-23(34)13-14-24(31)35)27(37)28-18(3)26(36)29-21-11-9-20(10-12-21)16-38-19(4)32/h9-14,17-18,25H,5-8,15-16H2,1-4H3,(H,28,37)(H,29,36)(H,30,33)/t18-,25-/m0/s1. The number of hydrogen-bond acceptors (Lipinski definition) is 7. The second-order valence-corrected chi connectivity index (χ2v) is 9.46. The maximum absolute atomic E-state index is 12.8. The van der Waals surface area contributed by atoms with Gasteiger partial charge in [-0.05, 0) is 43.4 Å². The van der Waals surface area contributed by atoms with Gasteiger partial charge in [0.25, 0.3) is 11.8 Å². The van der Waals surface area contributed by atoms with E-state index in [0.717, 1.165) is 10.5 Å². The first kappa shape index (κ1) is 30.2. The number of nitrogens with one attached hydrogen (secondary N) is 3. The lowest BCUT2D eigenvalue weighted by molar-refractivity contribution is -0.142. The van der Waals surface area contributed by atoms with Gasteiger partial charge in [-0.15, -0.1) is 0 Å². The van der Waals surface area contributed by atoms with Gasteiger partial charge in [-0.2, -0.15) is 0 Å². The van der Waals surface area contributed by atoms with Crippen LogP contribution in [0.4, 0.5) is 5.69 Å². The molecule has 1 aliphatic heterocycles. The Labute approximate surface area is 222 Å². The summed E-state index contributed by atoms with van der Waals surface area (Å²) < 4.78 is 4.93. The van der Waals surface area contributed by atoms with Crippen LogP contribution in [0.3, 0.4) is 0 Å². The van der Waals surface area contributed by atoms with Gasteiger partial charge in [0.05, 0.1) is 0 Å². The number of nitrogens with zero attached hydrogens (tertiary/aromatic N) is 1. The van der Waals surface area contributed by atoms with Crippen LogP contribution in [0.5, 0.6) is 0 Å². The Balaban J connectivity index is 1.75. The third-order valence-electron chi connectivity index (χ3n) is 5.87. The van der Waals surface area contributed by atoms with Crippen LogP contribution < -0.4 is 16.0 Å². The van der Waals surface area contributed by atoms with Crippen molar-refractivity contribution in [3.63, 3.8) is 0 Å². The normalized spacial score (nSPS) is 14.3. The second kappa shape index (κ2) is 14.7. The molecule has 5 amide bonds. The van der Waals surface area contributed by atoms with Crippen LogP contribution in [-0.4, -0.2) is 59.0 Å². The van der Waals surface area contributed by atoms with Gasteiger partial charge in [-0.3, -0.25) is 33.7 Å². The van der Waals surface area contributed by atoms with Gasteiger partial charge in [0.1, 0.15) is 18.7 Å². The van der Waals surface area contributed by atoms with Gasteiger partial charge in [-0.25, -0.2) is 0 Å². The monoisotopic (exact) mass is 528 g/mol. The average Bonchev–Trinajstić information content (AvgIpc) is 3.18. The number of carbonyl (C=O) groups excluding carboxylic acids is 6. The topological polar surface area (TPSA) is 151 Å². The lowest BCUT2D eigenvalue weighted by atomic mass is 10.0. The van der Waals surface area contributed by atoms with E-state index in [0.29, 0.717) is 31.5 Å². The molecule has 0 fully saturated rings. The van der Waals surface area contributed by atoms with E-state index in [-0.39, 0.29) is 42.6 Å². The van der Waals surface area contributed by atoms with Crippen LogP contribution in [0, 0.1) is 5.92 Å². The van der Waals surface area contributed by atoms with Crippen molar-refractivity contribution in [2.24, 2.45) is 5.92 Å². The highest BCUT2D eigenvalue weighted by Gasteiger charge is 2.27. The molecule has 0 radical (unpaired) electrons. The number of unbranched alkanes of at least 4 members (excludes halogenated alkanes) is 2. The minimum Gasteiger partial charge on any atom is -0.461 e. The predicted octanol–water partition coefficient (Wildman–Crippen LogP) is 1.82. The summed E-state index contributed by atoms with van der Waals surface area (Å²) in [5.41, 5.74) is 1.29. The fourth-order valence-corrected chi connectivity index (χ4v) is 3.65. The third-order valence-corrected chi connectivity index (χ3v) is 5.87. The van der Waals surface area contributed by atoms with Crippen LogP contribution in [0.25, 0.3) is 0 Å². The van der Waals surface area contributed by atoms with Gasteiger partial charge in [0, 0.05) is 37.7 Å². The molecule has 3 N–H and O–H groups in total. The van der Waals surface area contributed by atoms with Crippen molar-refractivity contribution in [3.05, 3.63) is 42.0 Å². The summed E-state index contributed by atoms with van der Waals surface area (Å²) in [5.74, 6) is -2.42. The summed E-state index contributed by atoms with van der Waals surface area (Å²) in [6, 6.07) is 5.10. The van der Waals surface area contributed by atoms with Gasteiger partial charge in [0.15, 0.2) is 0 Å². The van der Waals surface area contributed by atoms with Crippen molar-refractivity contribution in [2.45, 2.75) is 72.1 Å². The quantitative estimate of drug-likeness (QED) is 0.189. The van der Waals surface area contributed by atoms with Crippen molar-refractivity contribution in [3.8, 4) is 0 Å². The number of imide groups is 1. The molecule has 206 valence electrons. The van der Waals surface area contributed by atoms with E-state index >= 15 is 0 Å².